The number of benzene rings is 1. The first-order valence-corrected chi connectivity index (χ1v) is 5.26. The van der Waals surface area contributed by atoms with Crippen LogP contribution in [0.1, 0.15) is 37.6 Å². The zero-order valence-corrected chi connectivity index (χ0v) is 10.2. The molecule has 0 amide bonds. The minimum atomic E-state index is -0.904. The van der Waals surface area contributed by atoms with Crippen LogP contribution in [-0.4, -0.2) is 5.78 Å². The van der Waals surface area contributed by atoms with E-state index >= 15 is 0 Å². The van der Waals surface area contributed by atoms with Gasteiger partial charge in [-0.15, -0.1) is 0 Å². The summed E-state index contributed by atoms with van der Waals surface area (Å²) in [7, 11) is 0. The maximum Gasteiger partial charge on any atom is 0.163 e. The number of rotatable bonds is 2. The van der Waals surface area contributed by atoms with Crippen LogP contribution in [0.4, 0.5) is 8.78 Å². The first-order valence-electron chi connectivity index (χ1n) is 4.88. The fourth-order valence-corrected chi connectivity index (χ4v) is 1.41. The monoisotopic (exact) mass is 246 g/mol. The number of ketones is 1. The molecule has 0 aromatic heterocycles. The minimum Gasteiger partial charge on any atom is -0.294 e. The predicted octanol–water partition coefficient (Wildman–Crippen LogP) is 4.24. The highest BCUT2D eigenvalue weighted by Gasteiger charge is 2.19. The van der Waals surface area contributed by atoms with E-state index in [1.165, 1.54) is 0 Å². The van der Waals surface area contributed by atoms with Gasteiger partial charge in [-0.2, -0.15) is 0 Å². The van der Waals surface area contributed by atoms with E-state index in [1.54, 1.807) is 0 Å². The van der Waals surface area contributed by atoms with Crippen molar-refractivity contribution in [2.24, 2.45) is 5.41 Å². The Hall–Kier alpha value is -0.960. The molecule has 4 heteroatoms. The van der Waals surface area contributed by atoms with E-state index in [0.29, 0.717) is 0 Å². The van der Waals surface area contributed by atoms with E-state index < -0.39 is 16.7 Å². The van der Waals surface area contributed by atoms with Gasteiger partial charge >= 0.3 is 0 Å². The van der Waals surface area contributed by atoms with Crippen LogP contribution in [0.3, 0.4) is 0 Å². The van der Waals surface area contributed by atoms with E-state index in [9.17, 15) is 13.6 Å². The lowest BCUT2D eigenvalue weighted by atomic mass is 9.88. The summed E-state index contributed by atoms with van der Waals surface area (Å²) in [5.41, 5.74) is -0.196. The summed E-state index contributed by atoms with van der Waals surface area (Å²) in [4.78, 5) is 11.7. The zero-order valence-electron chi connectivity index (χ0n) is 9.40. The standard InChI is InChI=1S/C12H13ClF2O/c1-12(2,3)6-10(16)7-4-8(14)11(13)9(15)5-7/h4-5H,6H2,1-3H3. The topological polar surface area (TPSA) is 17.1 Å². The molecule has 0 N–H and O–H groups in total. The molecule has 0 aliphatic carbocycles. The van der Waals surface area contributed by atoms with Gasteiger partial charge in [0.25, 0.3) is 0 Å². The van der Waals surface area contributed by atoms with Crippen molar-refractivity contribution in [1.29, 1.82) is 0 Å². The summed E-state index contributed by atoms with van der Waals surface area (Å²) in [5, 5.41) is -0.577. The highest BCUT2D eigenvalue weighted by Crippen LogP contribution is 2.25. The average molecular weight is 247 g/mol. The Morgan fingerprint density at radius 1 is 1.25 bits per heavy atom. The fourth-order valence-electron chi connectivity index (χ4n) is 1.30. The van der Waals surface area contributed by atoms with Crippen molar-refractivity contribution >= 4 is 17.4 Å². The molecule has 0 unspecified atom stereocenters. The van der Waals surface area contributed by atoms with Gasteiger partial charge < -0.3 is 0 Å². The number of halogens is 3. The first kappa shape index (κ1) is 13.1. The molecule has 1 rings (SSSR count). The van der Waals surface area contributed by atoms with E-state index in [0.717, 1.165) is 12.1 Å². The Bertz CT molecular complexity index is 399. The lowest BCUT2D eigenvalue weighted by Crippen LogP contribution is -2.13. The highest BCUT2D eigenvalue weighted by molar-refractivity contribution is 6.31. The van der Waals surface area contributed by atoms with Crippen LogP contribution in [0, 0.1) is 17.0 Å². The maximum absolute atomic E-state index is 13.1. The Morgan fingerprint density at radius 2 is 1.69 bits per heavy atom. The predicted molar refractivity (Wildman–Crippen MR) is 59.8 cm³/mol. The van der Waals surface area contributed by atoms with Crippen LogP contribution in [0.25, 0.3) is 0 Å². The van der Waals surface area contributed by atoms with Gasteiger partial charge in [-0.3, -0.25) is 4.79 Å². The van der Waals surface area contributed by atoms with Gasteiger partial charge in [-0.05, 0) is 17.5 Å². The molecule has 0 bridgehead atoms. The Labute approximate surface area is 98.4 Å². The van der Waals surface area contributed by atoms with Crippen LogP contribution in [0.2, 0.25) is 5.02 Å². The molecule has 0 aliphatic rings. The van der Waals surface area contributed by atoms with Gasteiger partial charge in [-0.25, -0.2) is 8.78 Å². The van der Waals surface area contributed by atoms with E-state index in [1.807, 2.05) is 20.8 Å². The molecule has 88 valence electrons. The molecule has 1 aromatic rings. The summed E-state index contributed by atoms with van der Waals surface area (Å²) in [6.45, 7) is 5.65. The number of Topliss-reactive ketones (excluding diaryl/α,β-unsaturated/α-hetero) is 1. The number of carbonyl (C=O) groups excluding carboxylic acids is 1. The van der Waals surface area contributed by atoms with Gasteiger partial charge in [0, 0.05) is 12.0 Å². The van der Waals surface area contributed by atoms with Crippen LogP contribution in [0.15, 0.2) is 12.1 Å². The SMILES string of the molecule is CC(C)(C)CC(=O)c1cc(F)c(Cl)c(F)c1. The summed E-state index contributed by atoms with van der Waals surface area (Å²) in [5.74, 6) is -2.10. The molecular formula is C12H13ClF2O. The van der Waals surface area contributed by atoms with Crippen molar-refractivity contribution in [2.45, 2.75) is 27.2 Å². The molecule has 0 fully saturated rings. The molecule has 0 saturated carbocycles. The van der Waals surface area contributed by atoms with Crippen LogP contribution < -0.4 is 0 Å². The largest absolute Gasteiger partial charge is 0.294 e. The molecule has 0 saturated heterocycles. The quantitative estimate of drug-likeness (QED) is 0.564. The molecule has 0 spiro atoms. The molecule has 0 aliphatic heterocycles. The molecule has 1 nitrogen and oxygen atoms in total. The van der Waals surface area contributed by atoms with Crippen molar-refractivity contribution in [3.63, 3.8) is 0 Å². The van der Waals surface area contributed by atoms with Gasteiger partial charge in [0.05, 0.1) is 0 Å². The van der Waals surface area contributed by atoms with Crippen molar-refractivity contribution in [3.05, 3.63) is 34.4 Å². The van der Waals surface area contributed by atoms with Crippen molar-refractivity contribution in [1.82, 2.24) is 0 Å². The molecule has 0 radical (unpaired) electrons. The lowest BCUT2D eigenvalue weighted by Gasteiger charge is -2.16. The van der Waals surface area contributed by atoms with Gasteiger partial charge in [0.2, 0.25) is 0 Å². The van der Waals surface area contributed by atoms with Crippen LogP contribution >= 0.6 is 11.6 Å². The second kappa shape index (κ2) is 4.50. The number of hydrogen-bond donors (Lipinski definition) is 0. The van der Waals surface area contributed by atoms with Crippen molar-refractivity contribution < 1.29 is 13.6 Å². The molecule has 0 atom stereocenters. The number of carbonyl (C=O) groups is 1. The van der Waals surface area contributed by atoms with Gasteiger partial charge in [0.1, 0.15) is 16.7 Å². The molecule has 16 heavy (non-hydrogen) atoms. The third kappa shape index (κ3) is 3.27. The summed E-state index contributed by atoms with van der Waals surface area (Å²) >= 11 is 5.33. The number of hydrogen-bond acceptors (Lipinski definition) is 1. The van der Waals surface area contributed by atoms with E-state index in [4.69, 9.17) is 11.6 Å². The lowest BCUT2D eigenvalue weighted by molar-refractivity contribution is 0.0939. The minimum absolute atomic E-state index is 0.0225. The smallest absolute Gasteiger partial charge is 0.163 e. The Morgan fingerprint density at radius 3 is 2.06 bits per heavy atom. The average Bonchev–Trinajstić information content (AvgIpc) is 2.10. The molecular weight excluding hydrogens is 234 g/mol. The highest BCUT2D eigenvalue weighted by atomic mass is 35.5. The Kier molecular flexibility index (Phi) is 3.68. The maximum atomic E-state index is 13.1. The van der Waals surface area contributed by atoms with E-state index in [2.05, 4.69) is 0 Å². The Balaban J connectivity index is 3.02. The van der Waals surface area contributed by atoms with Crippen LogP contribution in [-0.2, 0) is 0 Å². The summed E-state index contributed by atoms with van der Waals surface area (Å²) in [6.07, 6.45) is 0.230. The summed E-state index contributed by atoms with van der Waals surface area (Å²) < 4.78 is 26.2. The van der Waals surface area contributed by atoms with Gasteiger partial charge in [0.15, 0.2) is 5.78 Å². The third-order valence-electron chi connectivity index (χ3n) is 2.00. The van der Waals surface area contributed by atoms with Crippen LogP contribution in [0.5, 0.6) is 0 Å². The first-order chi connectivity index (χ1) is 7.20. The molecule has 0 heterocycles. The van der Waals surface area contributed by atoms with Crippen molar-refractivity contribution in [3.8, 4) is 0 Å². The fraction of sp³-hybridized carbons (Fsp3) is 0.417. The summed E-state index contributed by atoms with van der Waals surface area (Å²) in [6, 6.07) is 1.94. The van der Waals surface area contributed by atoms with Crippen molar-refractivity contribution in [2.75, 3.05) is 0 Å². The second-order valence-corrected chi connectivity index (χ2v) is 5.29. The zero-order chi connectivity index (χ0) is 12.5. The van der Waals surface area contributed by atoms with Gasteiger partial charge in [-0.1, -0.05) is 32.4 Å². The second-order valence-electron chi connectivity index (χ2n) is 4.91. The third-order valence-corrected chi connectivity index (χ3v) is 2.36. The normalized spacial score (nSPS) is 11.6. The van der Waals surface area contributed by atoms with E-state index in [-0.39, 0.29) is 23.2 Å². The molecule has 1 aromatic carbocycles.